The van der Waals surface area contributed by atoms with Gasteiger partial charge in [0.15, 0.2) is 0 Å². The van der Waals surface area contributed by atoms with E-state index in [4.69, 9.17) is 0 Å². The molecular formula is C20H31N3O2. The molecule has 5 heteroatoms. The normalized spacial score (nSPS) is 24.1. The van der Waals surface area contributed by atoms with Gasteiger partial charge in [0.05, 0.1) is 11.7 Å². The average Bonchev–Trinajstić information content (AvgIpc) is 2.67. The minimum atomic E-state index is -0.125. The predicted octanol–water partition coefficient (Wildman–Crippen LogP) is 3.45. The number of carbonyl (C=O) groups excluding carboxylic acids is 1. The fraction of sp³-hybridized carbons (Fsp3) is 0.700. The van der Waals surface area contributed by atoms with Gasteiger partial charge < -0.3 is 15.3 Å². The maximum Gasteiger partial charge on any atom is 0.257 e. The second-order valence-corrected chi connectivity index (χ2v) is 7.43. The third-order valence-electron chi connectivity index (χ3n) is 5.59. The molecule has 0 bridgehead atoms. The van der Waals surface area contributed by atoms with Crippen LogP contribution in [0.15, 0.2) is 18.3 Å². The summed E-state index contributed by atoms with van der Waals surface area (Å²) in [6.07, 6.45) is 11.5. The lowest BCUT2D eigenvalue weighted by Gasteiger charge is -2.28. The monoisotopic (exact) mass is 345 g/mol. The van der Waals surface area contributed by atoms with Crippen molar-refractivity contribution in [3.8, 4) is 0 Å². The zero-order chi connectivity index (χ0) is 17.5. The third kappa shape index (κ3) is 4.94. The molecule has 0 radical (unpaired) electrons. The van der Waals surface area contributed by atoms with E-state index in [9.17, 15) is 9.90 Å². The standard InChI is InChI=1S/C20H31N3O2/c24-18-11-3-2-8-16(18)9-6-12-21-19-17(10-7-13-22-19)20(25)23-14-4-1-5-15-23/h7,10,13,16,18,24H,1-6,8-9,11-12,14-15H2,(H,21,22). The van der Waals surface area contributed by atoms with Crippen molar-refractivity contribution in [3.63, 3.8) is 0 Å². The molecule has 2 atom stereocenters. The van der Waals surface area contributed by atoms with Crippen LogP contribution in [0.3, 0.4) is 0 Å². The SMILES string of the molecule is O=C(c1cccnc1NCCCC1CCCCC1O)N1CCCCC1. The van der Waals surface area contributed by atoms with Crippen molar-refractivity contribution in [2.45, 2.75) is 63.9 Å². The summed E-state index contributed by atoms with van der Waals surface area (Å²) in [4.78, 5) is 19.1. The Morgan fingerprint density at radius 1 is 1.20 bits per heavy atom. The first-order chi connectivity index (χ1) is 12.3. The molecule has 1 saturated carbocycles. The molecule has 2 unspecified atom stereocenters. The first kappa shape index (κ1) is 18.2. The van der Waals surface area contributed by atoms with Crippen molar-refractivity contribution in [2.24, 2.45) is 5.92 Å². The number of anilines is 1. The van der Waals surface area contributed by atoms with Gasteiger partial charge in [-0.05, 0) is 63.0 Å². The van der Waals surface area contributed by atoms with Gasteiger partial charge in [0.2, 0.25) is 0 Å². The number of nitrogens with one attached hydrogen (secondary N) is 1. The summed E-state index contributed by atoms with van der Waals surface area (Å²) in [5.41, 5.74) is 0.683. The number of hydrogen-bond donors (Lipinski definition) is 2. The lowest BCUT2D eigenvalue weighted by Crippen LogP contribution is -2.36. The summed E-state index contributed by atoms with van der Waals surface area (Å²) in [6.45, 7) is 2.50. The van der Waals surface area contributed by atoms with Gasteiger partial charge in [0.25, 0.3) is 5.91 Å². The van der Waals surface area contributed by atoms with Gasteiger partial charge >= 0.3 is 0 Å². The van der Waals surface area contributed by atoms with Crippen molar-refractivity contribution >= 4 is 11.7 Å². The average molecular weight is 345 g/mol. The van der Waals surface area contributed by atoms with Crippen LogP contribution in [-0.2, 0) is 0 Å². The van der Waals surface area contributed by atoms with Crippen molar-refractivity contribution in [3.05, 3.63) is 23.9 Å². The zero-order valence-corrected chi connectivity index (χ0v) is 15.1. The van der Waals surface area contributed by atoms with Crippen LogP contribution in [0.1, 0.15) is 68.1 Å². The molecular weight excluding hydrogens is 314 g/mol. The highest BCUT2D eigenvalue weighted by atomic mass is 16.3. The van der Waals surface area contributed by atoms with Crippen LogP contribution in [-0.4, -0.2) is 46.6 Å². The molecule has 2 N–H and O–H groups in total. The van der Waals surface area contributed by atoms with Gasteiger partial charge in [-0.25, -0.2) is 4.98 Å². The molecule has 2 heterocycles. The molecule has 3 rings (SSSR count). The molecule has 2 aliphatic rings. The topological polar surface area (TPSA) is 65.5 Å². The van der Waals surface area contributed by atoms with E-state index in [1.165, 1.54) is 12.8 Å². The summed E-state index contributed by atoms with van der Waals surface area (Å²) >= 11 is 0. The number of carbonyl (C=O) groups is 1. The number of rotatable bonds is 6. The number of hydrogen-bond acceptors (Lipinski definition) is 4. The molecule has 1 aliphatic carbocycles. The summed E-state index contributed by atoms with van der Waals surface area (Å²) < 4.78 is 0. The van der Waals surface area contributed by atoms with Crippen LogP contribution >= 0.6 is 0 Å². The molecule has 5 nitrogen and oxygen atoms in total. The Labute approximate surface area is 150 Å². The number of aliphatic hydroxyl groups is 1. The Balaban J connectivity index is 1.51. The number of aliphatic hydroxyl groups excluding tert-OH is 1. The molecule has 1 aliphatic heterocycles. The minimum absolute atomic E-state index is 0.0954. The molecule has 1 amide bonds. The number of pyridine rings is 1. The van der Waals surface area contributed by atoms with E-state index in [1.807, 2.05) is 17.0 Å². The van der Waals surface area contributed by atoms with Crippen molar-refractivity contribution < 1.29 is 9.90 Å². The summed E-state index contributed by atoms with van der Waals surface area (Å²) in [5.74, 6) is 1.23. The van der Waals surface area contributed by atoms with Crippen molar-refractivity contribution in [1.29, 1.82) is 0 Å². The smallest absolute Gasteiger partial charge is 0.257 e. The Kier molecular flexibility index (Phi) is 6.68. The van der Waals surface area contributed by atoms with E-state index in [1.54, 1.807) is 6.20 Å². The largest absolute Gasteiger partial charge is 0.393 e. The molecule has 0 aromatic carbocycles. The van der Waals surface area contributed by atoms with Gasteiger partial charge in [-0.2, -0.15) is 0 Å². The Hall–Kier alpha value is -1.62. The van der Waals surface area contributed by atoms with Crippen LogP contribution in [0, 0.1) is 5.92 Å². The van der Waals surface area contributed by atoms with E-state index >= 15 is 0 Å². The zero-order valence-electron chi connectivity index (χ0n) is 15.1. The highest BCUT2D eigenvalue weighted by molar-refractivity contribution is 5.98. The highest BCUT2D eigenvalue weighted by Gasteiger charge is 2.23. The number of likely N-dealkylation sites (tertiary alicyclic amines) is 1. The van der Waals surface area contributed by atoms with E-state index in [0.29, 0.717) is 17.3 Å². The van der Waals surface area contributed by atoms with Crippen molar-refractivity contribution in [1.82, 2.24) is 9.88 Å². The molecule has 138 valence electrons. The maximum absolute atomic E-state index is 12.8. The van der Waals surface area contributed by atoms with Crippen LogP contribution in [0.2, 0.25) is 0 Å². The molecule has 1 saturated heterocycles. The van der Waals surface area contributed by atoms with Crippen LogP contribution in [0.25, 0.3) is 0 Å². The van der Waals surface area contributed by atoms with Crippen LogP contribution < -0.4 is 5.32 Å². The Bertz CT molecular complexity index is 558. The summed E-state index contributed by atoms with van der Waals surface area (Å²) in [6, 6.07) is 3.71. The Morgan fingerprint density at radius 2 is 2.00 bits per heavy atom. The minimum Gasteiger partial charge on any atom is -0.393 e. The third-order valence-corrected chi connectivity index (χ3v) is 5.59. The van der Waals surface area contributed by atoms with Crippen LogP contribution in [0.4, 0.5) is 5.82 Å². The first-order valence-corrected chi connectivity index (χ1v) is 9.92. The Morgan fingerprint density at radius 3 is 2.80 bits per heavy atom. The quantitative estimate of drug-likeness (QED) is 0.775. The first-order valence-electron chi connectivity index (χ1n) is 9.92. The number of amides is 1. The van der Waals surface area contributed by atoms with Crippen molar-refractivity contribution in [2.75, 3.05) is 25.0 Å². The van der Waals surface area contributed by atoms with Gasteiger partial charge in [-0.1, -0.05) is 12.8 Å². The second-order valence-electron chi connectivity index (χ2n) is 7.43. The van der Waals surface area contributed by atoms with Gasteiger partial charge in [-0.15, -0.1) is 0 Å². The number of piperidine rings is 1. The van der Waals surface area contributed by atoms with Gasteiger partial charge in [0, 0.05) is 25.8 Å². The molecule has 1 aromatic rings. The van der Waals surface area contributed by atoms with E-state index in [0.717, 1.165) is 64.6 Å². The lowest BCUT2D eigenvalue weighted by molar-refractivity contribution is 0.0648. The summed E-state index contributed by atoms with van der Waals surface area (Å²) in [7, 11) is 0. The van der Waals surface area contributed by atoms with Gasteiger partial charge in [-0.3, -0.25) is 4.79 Å². The molecule has 1 aromatic heterocycles. The molecule has 2 fully saturated rings. The second kappa shape index (κ2) is 9.18. The van der Waals surface area contributed by atoms with E-state index in [2.05, 4.69) is 10.3 Å². The lowest BCUT2D eigenvalue weighted by atomic mass is 9.83. The molecule has 25 heavy (non-hydrogen) atoms. The fourth-order valence-corrected chi connectivity index (χ4v) is 4.08. The highest BCUT2D eigenvalue weighted by Crippen LogP contribution is 2.28. The summed E-state index contributed by atoms with van der Waals surface area (Å²) in [5, 5.41) is 13.4. The van der Waals surface area contributed by atoms with Crippen LogP contribution in [0.5, 0.6) is 0 Å². The van der Waals surface area contributed by atoms with Gasteiger partial charge in [0.1, 0.15) is 5.82 Å². The maximum atomic E-state index is 12.8. The fourth-order valence-electron chi connectivity index (χ4n) is 4.08. The number of aromatic nitrogens is 1. The predicted molar refractivity (Wildman–Crippen MR) is 99.7 cm³/mol. The van der Waals surface area contributed by atoms with E-state index in [-0.39, 0.29) is 12.0 Å². The number of nitrogens with zero attached hydrogens (tertiary/aromatic N) is 2. The van der Waals surface area contributed by atoms with E-state index < -0.39 is 0 Å². The molecule has 0 spiro atoms.